The molecule has 0 amide bonds. The minimum atomic E-state index is -0.460. The van der Waals surface area contributed by atoms with Gasteiger partial charge in [0.1, 0.15) is 5.69 Å². The van der Waals surface area contributed by atoms with Crippen LogP contribution in [0.5, 0.6) is 0 Å². The Kier molecular flexibility index (Phi) is 3.50. The second-order valence-corrected chi connectivity index (χ2v) is 5.78. The zero-order valence-electron chi connectivity index (χ0n) is 13.1. The van der Waals surface area contributed by atoms with Gasteiger partial charge in [-0.05, 0) is 17.7 Å². The largest absolute Gasteiger partial charge is 0.353 e. The molecule has 122 valence electrons. The van der Waals surface area contributed by atoms with Crippen molar-refractivity contribution in [2.24, 2.45) is 0 Å². The topological polar surface area (TPSA) is 88.9 Å². The molecule has 2 aromatic heterocycles. The molecule has 6 heteroatoms. The van der Waals surface area contributed by atoms with Crippen LogP contribution in [0.15, 0.2) is 60.8 Å². The zero-order valence-corrected chi connectivity index (χ0v) is 13.1. The number of fused-ring (bicyclic) bond motifs is 3. The van der Waals surface area contributed by atoms with Crippen molar-refractivity contribution in [1.82, 2.24) is 9.97 Å². The maximum Gasteiger partial charge on any atom is 0.269 e. The number of hydrogen-bond acceptors (Lipinski definition) is 4. The van der Waals surface area contributed by atoms with Gasteiger partial charge in [0.15, 0.2) is 5.78 Å². The van der Waals surface area contributed by atoms with Crippen LogP contribution >= 0.6 is 0 Å². The molecule has 0 atom stereocenters. The fraction of sp³-hybridized carbons (Fsp3) is 0.0526. The highest BCUT2D eigenvalue weighted by molar-refractivity contribution is 6.14. The molecule has 0 aliphatic rings. The molecular weight excluding hydrogens is 318 g/mol. The Hall–Kier alpha value is -3.54. The van der Waals surface area contributed by atoms with Gasteiger partial charge in [-0.25, -0.2) is 0 Å². The number of aromatic amines is 1. The Balaban J connectivity index is 1.71. The Morgan fingerprint density at radius 2 is 1.80 bits per heavy atom. The summed E-state index contributed by atoms with van der Waals surface area (Å²) in [5, 5.41) is 12.7. The van der Waals surface area contributed by atoms with Crippen LogP contribution in [0.25, 0.3) is 21.8 Å². The summed E-state index contributed by atoms with van der Waals surface area (Å²) in [6, 6.07) is 15.7. The summed E-state index contributed by atoms with van der Waals surface area (Å²) in [6.45, 7) is 0. The first-order chi connectivity index (χ1) is 12.1. The van der Waals surface area contributed by atoms with Crippen molar-refractivity contribution in [3.05, 3.63) is 82.2 Å². The third-order valence-electron chi connectivity index (χ3n) is 4.20. The lowest BCUT2D eigenvalue weighted by molar-refractivity contribution is -0.384. The van der Waals surface area contributed by atoms with Crippen LogP contribution in [0.1, 0.15) is 16.1 Å². The molecule has 1 N–H and O–H groups in total. The predicted octanol–water partition coefficient (Wildman–Crippen LogP) is 4.05. The van der Waals surface area contributed by atoms with Crippen molar-refractivity contribution in [2.45, 2.75) is 6.42 Å². The lowest BCUT2D eigenvalue weighted by Gasteiger charge is -2.02. The molecule has 0 unspecified atom stereocenters. The quantitative estimate of drug-likeness (QED) is 0.347. The molecule has 0 saturated heterocycles. The predicted molar refractivity (Wildman–Crippen MR) is 94.7 cm³/mol. The van der Waals surface area contributed by atoms with Crippen molar-refractivity contribution >= 4 is 33.3 Å². The molecule has 4 rings (SSSR count). The van der Waals surface area contributed by atoms with Gasteiger partial charge in [-0.3, -0.25) is 19.9 Å². The number of rotatable bonds is 4. The maximum atomic E-state index is 12.7. The molecule has 4 aromatic rings. The van der Waals surface area contributed by atoms with Crippen LogP contribution in [0.3, 0.4) is 0 Å². The second-order valence-electron chi connectivity index (χ2n) is 5.78. The fourth-order valence-electron chi connectivity index (χ4n) is 2.99. The summed E-state index contributed by atoms with van der Waals surface area (Å²) < 4.78 is 0. The molecule has 0 radical (unpaired) electrons. The lowest BCUT2D eigenvalue weighted by atomic mass is 10.0. The number of para-hydroxylation sites is 1. The Morgan fingerprint density at radius 1 is 1.04 bits per heavy atom. The summed E-state index contributed by atoms with van der Waals surface area (Å²) in [6.07, 6.45) is 1.77. The van der Waals surface area contributed by atoms with E-state index in [0.717, 1.165) is 21.8 Å². The van der Waals surface area contributed by atoms with Gasteiger partial charge >= 0.3 is 0 Å². The number of H-pyrrole nitrogens is 1. The minimum Gasteiger partial charge on any atom is -0.353 e. The van der Waals surface area contributed by atoms with Crippen LogP contribution in [-0.4, -0.2) is 20.7 Å². The van der Waals surface area contributed by atoms with Crippen molar-refractivity contribution in [1.29, 1.82) is 0 Å². The summed E-state index contributed by atoms with van der Waals surface area (Å²) >= 11 is 0. The first-order valence-corrected chi connectivity index (χ1v) is 7.75. The molecule has 0 aliphatic heterocycles. The van der Waals surface area contributed by atoms with E-state index >= 15 is 0 Å². The van der Waals surface area contributed by atoms with Crippen LogP contribution in [0.4, 0.5) is 5.69 Å². The Bertz CT molecular complexity index is 1110. The van der Waals surface area contributed by atoms with Gasteiger partial charge in [0.05, 0.1) is 10.4 Å². The third kappa shape index (κ3) is 2.63. The van der Waals surface area contributed by atoms with E-state index in [4.69, 9.17) is 0 Å². The van der Waals surface area contributed by atoms with Crippen molar-refractivity contribution in [3.63, 3.8) is 0 Å². The highest BCUT2D eigenvalue weighted by Gasteiger charge is 2.16. The van der Waals surface area contributed by atoms with Gasteiger partial charge in [-0.1, -0.05) is 30.3 Å². The van der Waals surface area contributed by atoms with Crippen molar-refractivity contribution < 1.29 is 9.72 Å². The van der Waals surface area contributed by atoms with Gasteiger partial charge in [-0.2, -0.15) is 0 Å². The Labute approximate surface area is 142 Å². The van der Waals surface area contributed by atoms with Crippen molar-refractivity contribution in [3.8, 4) is 0 Å². The molecule has 0 aliphatic carbocycles. The van der Waals surface area contributed by atoms with Gasteiger partial charge in [-0.15, -0.1) is 0 Å². The molecule has 0 saturated carbocycles. The van der Waals surface area contributed by atoms with E-state index in [-0.39, 0.29) is 17.9 Å². The standard InChI is InChI=1S/C19H13N3O3/c23-17(11-12-5-7-13(8-6-12)22(24)25)19-18-15(9-10-20-19)14-3-1-2-4-16(14)21-18/h1-10,21H,11H2. The van der Waals surface area contributed by atoms with Crippen LogP contribution in [0.2, 0.25) is 0 Å². The Morgan fingerprint density at radius 3 is 2.56 bits per heavy atom. The number of nitro benzene ring substituents is 1. The zero-order chi connectivity index (χ0) is 17.4. The maximum absolute atomic E-state index is 12.7. The number of hydrogen-bond donors (Lipinski definition) is 1. The van der Waals surface area contributed by atoms with Crippen LogP contribution < -0.4 is 0 Å². The van der Waals surface area contributed by atoms with Crippen molar-refractivity contribution in [2.75, 3.05) is 0 Å². The van der Waals surface area contributed by atoms with Gasteiger partial charge in [0, 0.05) is 41.0 Å². The molecule has 2 heterocycles. The summed E-state index contributed by atoms with van der Waals surface area (Å²) in [7, 11) is 0. The van der Waals surface area contributed by atoms with Gasteiger partial charge in [0.25, 0.3) is 5.69 Å². The number of aromatic nitrogens is 2. The number of Topliss-reactive ketones (excluding diaryl/α,β-unsaturated/α-hetero) is 1. The highest BCUT2D eigenvalue weighted by atomic mass is 16.6. The van der Waals surface area contributed by atoms with E-state index in [9.17, 15) is 14.9 Å². The number of pyridine rings is 1. The van der Waals surface area contributed by atoms with E-state index in [2.05, 4.69) is 9.97 Å². The number of carbonyl (C=O) groups is 1. The number of carbonyl (C=O) groups excluding carboxylic acids is 1. The van der Waals surface area contributed by atoms with E-state index < -0.39 is 4.92 Å². The molecule has 0 bridgehead atoms. The molecule has 2 aromatic carbocycles. The van der Waals surface area contributed by atoms with Gasteiger partial charge < -0.3 is 4.98 Å². The van der Waals surface area contributed by atoms with E-state index in [1.807, 2.05) is 30.3 Å². The number of benzene rings is 2. The number of nitro groups is 1. The molecule has 0 fully saturated rings. The lowest BCUT2D eigenvalue weighted by Crippen LogP contribution is -2.06. The number of nitrogens with one attached hydrogen (secondary N) is 1. The average molecular weight is 331 g/mol. The first-order valence-electron chi connectivity index (χ1n) is 7.75. The van der Waals surface area contributed by atoms with Gasteiger partial charge in [0.2, 0.25) is 0 Å². The minimum absolute atomic E-state index is 0.00652. The normalized spacial score (nSPS) is 11.0. The molecule has 25 heavy (non-hydrogen) atoms. The smallest absolute Gasteiger partial charge is 0.269 e. The SMILES string of the molecule is O=C(Cc1ccc([N+](=O)[O-])cc1)c1nccc2c1[nH]c1ccccc12. The molecular formula is C19H13N3O3. The molecule has 0 spiro atoms. The van der Waals surface area contributed by atoms with E-state index in [0.29, 0.717) is 11.3 Å². The number of non-ortho nitro benzene ring substituents is 1. The highest BCUT2D eigenvalue weighted by Crippen LogP contribution is 2.27. The second kappa shape index (κ2) is 5.83. The van der Waals surface area contributed by atoms with E-state index in [1.165, 1.54) is 12.1 Å². The number of ketones is 1. The summed E-state index contributed by atoms with van der Waals surface area (Å²) in [5.41, 5.74) is 2.77. The first kappa shape index (κ1) is 15.0. The fourth-order valence-corrected chi connectivity index (χ4v) is 2.99. The van der Waals surface area contributed by atoms with Crippen LogP contribution in [-0.2, 0) is 6.42 Å². The van der Waals surface area contributed by atoms with Crippen LogP contribution in [0, 0.1) is 10.1 Å². The summed E-state index contributed by atoms with van der Waals surface area (Å²) in [5.74, 6) is -0.133. The average Bonchev–Trinajstić information content (AvgIpc) is 3.00. The van der Waals surface area contributed by atoms with E-state index in [1.54, 1.807) is 18.3 Å². The monoisotopic (exact) mass is 331 g/mol. The number of nitrogens with zero attached hydrogens (tertiary/aromatic N) is 2. The third-order valence-corrected chi connectivity index (χ3v) is 4.20. The molecule has 6 nitrogen and oxygen atoms in total. The summed E-state index contributed by atoms with van der Waals surface area (Å²) in [4.78, 5) is 30.5.